The Morgan fingerprint density at radius 3 is 2.49 bits per heavy atom. The molecule has 2 saturated carbocycles. The van der Waals surface area contributed by atoms with Crippen molar-refractivity contribution >= 4 is 56.2 Å². The number of ether oxygens (including phenoxy) is 3. The third-order valence-electron chi connectivity index (χ3n) is 10.7. The number of Topliss-reactive ketones (excluding diaryl/α,β-unsaturated/α-hetero) is 1. The fourth-order valence-electron chi connectivity index (χ4n) is 7.39. The topological polar surface area (TPSA) is 196 Å². The minimum absolute atomic E-state index is 0.00991. The van der Waals surface area contributed by atoms with Gasteiger partial charge >= 0.3 is 5.97 Å². The number of carbonyl (C=O) groups is 6. The summed E-state index contributed by atoms with van der Waals surface area (Å²) in [5, 5.41) is 0.795. The number of carbonyl (C=O) groups excluding carboxylic acids is 6. The van der Waals surface area contributed by atoms with E-state index in [9.17, 15) is 37.2 Å². The highest BCUT2D eigenvalue weighted by atomic mass is 32.2. The number of methoxy groups -OCH3 is 1. The van der Waals surface area contributed by atoms with E-state index in [1.54, 1.807) is 52.3 Å². The largest absolute Gasteiger partial charge is 0.497 e. The fraction of sp³-hybridized carbons (Fsp3) is 0.564. The van der Waals surface area contributed by atoms with Crippen molar-refractivity contribution in [3.05, 3.63) is 43.1 Å². The molecular formula is C39H48N4O11S. The highest BCUT2D eigenvalue weighted by molar-refractivity contribution is 7.90. The van der Waals surface area contributed by atoms with Gasteiger partial charge in [0.15, 0.2) is 5.78 Å². The van der Waals surface area contributed by atoms with Gasteiger partial charge in [-0.3, -0.25) is 38.4 Å². The van der Waals surface area contributed by atoms with Crippen LogP contribution in [0.4, 0.5) is 0 Å². The van der Waals surface area contributed by atoms with E-state index in [4.69, 9.17) is 14.2 Å². The molecule has 0 radical (unpaired) electrons. The van der Waals surface area contributed by atoms with Gasteiger partial charge in [-0.05, 0) is 82.0 Å². The average Bonchev–Trinajstić information content (AvgIpc) is 4.05. The summed E-state index contributed by atoms with van der Waals surface area (Å²) in [4.78, 5) is 87.4. The molecular weight excluding hydrogens is 733 g/mol. The lowest BCUT2D eigenvalue weighted by Gasteiger charge is -2.31. The first kappa shape index (κ1) is 39.8. The molecule has 55 heavy (non-hydrogen) atoms. The van der Waals surface area contributed by atoms with Crippen molar-refractivity contribution in [2.24, 2.45) is 17.3 Å². The first-order chi connectivity index (χ1) is 25.9. The van der Waals surface area contributed by atoms with E-state index < -0.39 is 86.2 Å². The number of hydrogen-bond acceptors (Lipinski definition) is 12. The highest BCUT2D eigenvalue weighted by Gasteiger charge is 2.61. The van der Waals surface area contributed by atoms with Gasteiger partial charge in [0.25, 0.3) is 0 Å². The molecule has 2 aromatic rings. The Kier molecular flexibility index (Phi) is 11.1. The Morgan fingerprint density at radius 1 is 1.15 bits per heavy atom. The summed E-state index contributed by atoms with van der Waals surface area (Å²) in [5.74, 6) is -4.00. The first-order valence-electron chi connectivity index (χ1n) is 18.6. The lowest BCUT2D eigenvalue weighted by molar-refractivity contribution is -0.160. The van der Waals surface area contributed by atoms with Crippen LogP contribution in [0.2, 0.25) is 0 Å². The number of esters is 1. The fourth-order valence-corrected chi connectivity index (χ4v) is 8.78. The van der Waals surface area contributed by atoms with E-state index in [1.165, 1.54) is 11.0 Å². The predicted octanol–water partition coefficient (Wildman–Crippen LogP) is 3.24. The Hall–Kier alpha value is -4.86. The summed E-state index contributed by atoms with van der Waals surface area (Å²) in [5.41, 5.74) is -2.23. The number of likely N-dealkylation sites (tertiary alicyclic amines) is 2. The molecule has 2 aliphatic carbocycles. The summed E-state index contributed by atoms with van der Waals surface area (Å²) < 4.78 is 44.9. The standard InChI is InChI=1S/C39H48N4O11S/c1-6-25-20-39(25,37(49)41-55(50,51)28-9-10-28)21-31(44)30-19-27(53-35-29-11-8-26(52-5)17-23(29)13-15-40-35)22-43(30)36(48)24(18-34(47)54-38(2,3)4)7-12-32(45)42-16-14-33(42)46/h6,8,11,13,15,17,24-25,27-28,30H,1,7,9-10,12,14,16,18-22H2,2-5H3,(H,41,49)/t24-,25-,27-,30+,39-/m1/s1. The Bertz CT molecular complexity index is 2020. The second kappa shape index (κ2) is 15.3. The molecule has 4 aliphatic rings. The maximum absolute atomic E-state index is 14.6. The van der Waals surface area contributed by atoms with Crippen LogP contribution in [0, 0.1) is 17.3 Å². The van der Waals surface area contributed by atoms with E-state index in [-0.39, 0.29) is 63.4 Å². The number of nitrogens with one attached hydrogen (secondary N) is 1. The van der Waals surface area contributed by atoms with E-state index >= 15 is 0 Å². The number of β-lactam (4-membered cyclic amide) rings is 1. The summed E-state index contributed by atoms with van der Waals surface area (Å²) in [6, 6.07) is 6.02. The number of imide groups is 1. The maximum Gasteiger partial charge on any atom is 0.307 e. The number of amides is 4. The molecule has 2 saturated heterocycles. The number of benzene rings is 1. The molecule has 296 valence electrons. The minimum atomic E-state index is -3.90. The molecule has 1 N–H and O–H groups in total. The normalized spacial score (nSPS) is 24.1. The van der Waals surface area contributed by atoms with Crippen molar-refractivity contribution in [3.8, 4) is 11.6 Å². The van der Waals surface area contributed by atoms with Gasteiger partial charge in [-0.25, -0.2) is 13.4 Å². The molecule has 5 atom stereocenters. The summed E-state index contributed by atoms with van der Waals surface area (Å²) >= 11 is 0. The Morgan fingerprint density at radius 2 is 1.89 bits per heavy atom. The molecule has 3 heterocycles. The van der Waals surface area contributed by atoms with E-state index in [1.807, 2.05) is 6.07 Å². The number of allylic oxidation sites excluding steroid dienone is 1. The van der Waals surface area contributed by atoms with E-state index in [0.717, 1.165) is 10.3 Å². The van der Waals surface area contributed by atoms with E-state index in [0.29, 0.717) is 24.0 Å². The van der Waals surface area contributed by atoms with Crippen molar-refractivity contribution in [2.75, 3.05) is 20.2 Å². The van der Waals surface area contributed by atoms with Gasteiger partial charge in [-0.15, -0.1) is 6.58 Å². The third kappa shape index (κ3) is 8.84. The second-order valence-corrected chi connectivity index (χ2v) is 17.9. The van der Waals surface area contributed by atoms with Crippen molar-refractivity contribution in [2.45, 2.75) is 102 Å². The third-order valence-corrected chi connectivity index (χ3v) is 12.5. The molecule has 4 amide bonds. The lowest BCUT2D eigenvalue weighted by atomic mass is 9.90. The minimum Gasteiger partial charge on any atom is -0.497 e. The number of hydrogen-bond donors (Lipinski definition) is 1. The monoisotopic (exact) mass is 780 g/mol. The van der Waals surface area contributed by atoms with Gasteiger partial charge in [0.2, 0.25) is 39.5 Å². The van der Waals surface area contributed by atoms with Crippen LogP contribution in [0.1, 0.15) is 78.6 Å². The Balaban J connectivity index is 1.28. The van der Waals surface area contributed by atoms with Crippen LogP contribution in [0.5, 0.6) is 11.6 Å². The van der Waals surface area contributed by atoms with E-state index in [2.05, 4.69) is 16.3 Å². The van der Waals surface area contributed by atoms with Crippen molar-refractivity contribution in [1.29, 1.82) is 0 Å². The highest BCUT2D eigenvalue weighted by Crippen LogP contribution is 2.57. The van der Waals surface area contributed by atoms with Gasteiger partial charge < -0.3 is 19.1 Å². The molecule has 4 fully saturated rings. The van der Waals surface area contributed by atoms with Crippen molar-refractivity contribution in [1.82, 2.24) is 19.5 Å². The van der Waals surface area contributed by atoms with Gasteiger partial charge in [0.1, 0.15) is 17.5 Å². The summed E-state index contributed by atoms with van der Waals surface area (Å²) in [7, 11) is -2.35. The van der Waals surface area contributed by atoms with Crippen LogP contribution in [-0.2, 0) is 43.5 Å². The maximum atomic E-state index is 14.6. The zero-order valence-electron chi connectivity index (χ0n) is 31.6. The zero-order valence-corrected chi connectivity index (χ0v) is 32.4. The number of ketones is 1. The van der Waals surface area contributed by atoms with Crippen LogP contribution in [-0.4, -0.2) is 102 Å². The quantitative estimate of drug-likeness (QED) is 0.149. The van der Waals surface area contributed by atoms with Crippen LogP contribution in [0.25, 0.3) is 10.8 Å². The lowest BCUT2D eigenvalue weighted by Crippen LogP contribution is -2.48. The number of pyridine rings is 1. The molecule has 1 aromatic carbocycles. The average molecular weight is 781 g/mol. The van der Waals surface area contributed by atoms with Gasteiger partial charge in [0, 0.05) is 49.7 Å². The predicted molar refractivity (Wildman–Crippen MR) is 198 cm³/mol. The summed E-state index contributed by atoms with van der Waals surface area (Å²) in [6.07, 6.45) is 2.65. The van der Waals surface area contributed by atoms with Crippen LogP contribution >= 0.6 is 0 Å². The van der Waals surface area contributed by atoms with Crippen LogP contribution in [0.3, 0.4) is 0 Å². The number of sulfonamides is 1. The molecule has 0 spiro atoms. The zero-order chi connectivity index (χ0) is 39.9. The van der Waals surface area contributed by atoms with Gasteiger partial charge in [-0.2, -0.15) is 0 Å². The number of aromatic nitrogens is 1. The van der Waals surface area contributed by atoms with Crippen LogP contribution < -0.4 is 14.2 Å². The SMILES string of the molecule is C=C[C@@H]1C[C@]1(CC(=O)[C@@H]1C[C@@H](Oc2nccc3cc(OC)ccc23)CN1C(=O)[C@H](CCC(=O)N1CCC1=O)CC(=O)OC(C)(C)C)C(=O)NS(=O)(=O)C1CC1. The first-order valence-corrected chi connectivity index (χ1v) is 20.2. The van der Waals surface area contributed by atoms with Crippen LogP contribution in [0.15, 0.2) is 43.1 Å². The second-order valence-electron chi connectivity index (χ2n) is 15.9. The molecule has 16 heteroatoms. The van der Waals surface area contributed by atoms with Gasteiger partial charge in [0.05, 0.1) is 36.8 Å². The van der Waals surface area contributed by atoms with Crippen molar-refractivity contribution < 1.29 is 51.4 Å². The Labute approximate surface area is 320 Å². The molecule has 1 aromatic heterocycles. The smallest absolute Gasteiger partial charge is 0.307 e. The number of nitrogens with zero attached hydrogens (tertiary/aromatic N) is 3. The molecule has 2 aliphatic heterocycles. The molecule has 15 nitrogen and oxygen atoms in total. The molecule has 6 rings (SSSR count). The van der Waals surface area contributed by atoms with Gasteiger partial charge in [-0.1, -0.05) is 6.08 Å². The number of fused-ring (bicyclic) bond motifs is 1. The van der Waals surface area contributed by atoms with Crippen molar-refractivity contribution in [3.63, 3.8) is 0 Å². The summed E-state index contributed by atoms with van der Waals surface area (Å²) in [6.45, 7) is 9.04. The molecule has 0 unspecified atom stereocenters. The molecule has 0 bridgehead atoms. The number of rotatable bonds is 16.